The Balaban J connectivity index is 4.35. The van der Waals surface area contributed by atoms with Gasteiger partial charge in [0.15, 0.2) is 0 Å². The minimum atomic E-state index is -1.03. The third kappa shape index (κ3) is 3.23. The maximum atomic E-state index is 10.6. The molecule has 0 fully saturated rings. The van der Waals surface area contributed by atoms with Gasteiger partial charge >= 0.3 is 6.09 Å². The molecular formula is C7H14N2O3. The third-order valence-corrected chi connectivity index (χ3v) is 1.39. The van der Waals surface area contributed by atoms with Crippen molar-refractivity contribution in [2.75, 3.05) is 6.54 Å². The summed E-state index contributed by atoms with van der Waals surface area (Å²) >= 11 is 0. The van der Waals surface area contributed by atoms with Gasteiger partial charge < -0.3 is 10.3 Å². The van der Waals surface area contributed by atoms with Crippen LogP contribution in [-0.4, -0.2) is 39.6 Å². The smallest absolute Gasteiger partial charge is 0.408 e. The molecule has 0 aliphatic heterocycles. The number of carbonyl (C=O) groups is 1. The van der Waals surface area contributed by atoms with Gasteiger partial charge in [0.25, 0.3) is 0 Å². The molecule has 5 heteroatoms. The van der Waals surface area contributed by atoms with Crippen LogP contribution in [0.25, 0.3) is 0 Å². The molecule has 0 saturated heterocycles. The first kappa shape index (κ1) is 10.7. The number of hydrogen-bond donors (Lipinski definition) is 2. The van der Waals surface area contributed by atoms with Crippen LogP contribution in [0.2, 0.25) is 0 Å². The highest BCUT2D eigenvalue weighted by Gasteiger charge is 2.24. The topological polar surface area (TPSA) is 73.1 Å². The van der Waals surface area contributed by atoms with Crippen molar-refractivity contribution >= 4 is 12.3 Å². The van der Waals surface area contributed by atoms with Gasteiger partial charge in [0, 0.05) is 5.54 Å². The van der Waals surface area contributed by atoms with Crippen LogP contribution in [0.5, 0.6) is 0 Å². The molecule has 0 saturated carbocycles. The van der Waals surface area contributed by atoms with Crippen LogP contribution in [0.3, 0.4) is 0 Å². The Bertz CT molecular complexity index is 184. The van der Waals surface area contributed by atoms with Crippen LogP contribution in [0, 0.1) is 0 Å². The highest BCUT2D eigenvalue weighted by atomic mass is 16.4. The van der Waals surface area contributed by atoms with Crippen molar-refractivity contribution in [1.29, 1.82) is 0 Å². The molecule has 0 heterocycles. The highest BCUT2D eigenvalue weighted by molar-refractivity contribution is 5.71. The second-order valence-electron chi connectivity index (χ2n) is 3.36. The molecule has 0 aliphatic carbocycles. The predicted octanol–water partition coefficient (Wildman–Crippen LogP) is 1.22. The number of rotatable bonds is 2. The summed E-state index contributed by atoms with van der Waals surface area (Å²) in [5.74, 6) is 0. The Morgan fingerprint density at radius 3 is 2.33 bits per heavy atom. The summed E-state index contributed by atoms with van der Waals surface area (Å²) in [6.07, 6.45) is 0.113. The van der Waals surface area contributed by atoms with Crippen molar-refractivity contribution in [3.63, 3.8) is 0 Å². The van der Waals surface area contributed by atoms with Crippen LogP contribution in [0.1, 0.15) is 20.8 Å². The zero-order valence-electron chi connectivity index (χ0n) is 7.48. The molecule has 0 bridgehead atoms. The Hall–Kier alpha value is -1.26. The maximum absolute atomic E-state index is 10.6. The van der Waals surface area contributed by atoms with Gasteiger partial charge in [0.2, 0.25) is 0 Å². The summed E-state index contributed by atoms with van der Waals surface area (Å²) < 4.78 is 0. The van der Waals surface area contributed by atoms with Crippen LogP contribution >= 0.6 is 0 Å². The molecule has 0 aromatic carbocycles. The summed E-state index contributed by atoms with van der Waals surface area (Å²) in [6.45, 7) is 5.40. The molecule has 1 amide bonds. The third-order valence-electron chi connectivity index (χ3n) is 1.39. The van der Waals surface area contributed by atoms with Crippen molar-refractivity contribution in [3.05, 3.63) is 0 Å². The second kappa shape index (κ2) is 3.94. The van der Waals surface area contributed by atoms with E-state index in [0.717, 1.165) is 6.21 Å². The maximum Gasteiger partial charge on any atom is 0.408 e. The largest absolute Gasteiger partial charge is 0.465 e. The molecule has 0 aliphatic rings. The summed E-state index contributed by atoms with van der Waals surface area (Å²) in [4.78, 5) is 11.8. The minimum absolute atomic E-state index is 0.0926. The van der Waals surface area contributed by atoms with E-state index >= 15 is 0 Å². The number of carboxylic acid groups (broad SMARTS) is 1. The van der Waals surface area contributed by atoms with Crippen molar-refractivity contribution < 1.29 is 15.1 Å². The highest BCUT2D eigenvalue weighted by Crippen LogP contribution is 2.11. The Morgan fingerprint density at radius 2 is 2.08 bits per heavy atom. The molecule has 5 nitrogen and oxygen atoms in total. The van der Waals surface area contributed by atoms with E-state index in [1.54, 1.807) is 20.8 Å². The van der Waals surface area contributed by atoms with Crippen molar-refractivity contribution in [1.82, 2.24) is 4.90 Å². The van der Waals surface area contributed by atoms with E-state index < -0.39 is 11.6 Å². The van der Waals surface area contributed by atoms with E-state index in [2.05, 4.69) is 5.16 Å². The second-order valence-corrected chi connectivity index (χ2v) is 3.36. The summed E-state index contributed by atoms with van der Waals surface area (Å²) in [5, 5.41) is 19.6. The molecule has 2 N–H and O–H groups in total. The standard InChI is InChI=1S/C7H14N2O3/c1-7(2,3)9(6(10)11)5-4-8-12/h4,12H,5H2,1-3H3,(H,10,11). The first-order valence-corrected chi connectivity index (χ1v) is 3.56. The average Bonchev–Trinajstić information content (AvgIpc) is 1.84. The molecular weight excluding hydrogens is 160 g/mol. The lowest BCUT2D eigenvalue weighted by atomic mass is 10.1. The van der Waals surface area contributed by atoms with Gasteiger partial charge in [-0.3, -0.25) is 4.90 Å². The van der Waals surface area contributed by atoms with Crippen LogP contribution in [-0.2, 0) is 0 Å². The fourth-order valence-electron chi connectivity index (χ4n) is 0.757. The van der Waals surface area contributed by atoms with Gasteiger partial charge in [0.1, 0.15) is 0 Å². The number of oxime groups is 1. The fourth-order valence-corrected chi connectivity index (χ4v) is 0.757. The molecule has 0 radical (unpaired) electrons. The van der Waals surface area contributed by atoms with Gasteiger partial charge in [-0.05, 0) is 20.8 Å². The number of hydrogen-bond acceptors (Lipinski definition) is 3. The molecule has 0 spiro atoms. The first-order chi connectivity index (χ1) is 5.39. The molecule has 0 aromatic rings. The van der Waals surface area contributed by atoms with Crippen molar-refractivity contribution in [2.24, 2.45) is 5.16 Å². The molecule has 70 valence electrons. The van der Waals surface area contributed by atoms with Gasteiger partial charge in [-0.1, -0.05) is 0 Å². The number of amides is 1. The molecule has 0 rings (SSSR count). The molecule has 0 unspecified atom stereocenters. The molecule has 0 aromatic heterocycles. The Labute approximate surface area is 71.3 Å². The fraction of sp³-hybridized carbons (Fsp3) is 0.714. The lowest BCUT2D eigenvalue weighted by Gasteiger charge is -2.31. The zero-order valence-corrected chi connectivity index (χ0v) is 7.48. The van der Waals surface area contributed by atoms with Crippen LogP contribution < -0.4 is 0 Å². The Morgan fingerprint density at radius 1 is 1.58 bits per heavy atom. The molecule has 12 heavy (non-hydrogen) atoms. The zero-order chi connectivity index (χ0) is 9.78. The minimum Gasteiger partial charge on any atom is -0.465 e. The van der Waals surface area contributed by atoms with Gasteiger partial charge in [-0.2, -0.15) is 0 Å². The van der Waals surface area contributed by atoms with Gasteiger partial charge in [-0.25, -0.2) is 4.79 Å². The van der Waals surface area contributed by atoms with Crippen molar-refractivity contribution in [2.45, 2.75) is 26.3 Å². The van der Waals surface area contributed by atoms with Crippen LogP contribution in [0.4, 0.5) is 4.79 Å². The average molecular weight is 174 g/mol. The van der Waals surface area contributed by atoms with E-state index in [1.165, 1.54) is 4.90 Å². The normalized spacial score (nSPS) is 11.9. The van der Waals surface area contributed by atoms with E-state index in [-0.39, 0.29) is 6.54 Å². The van der Waals surface area contributed by atoms with Gasteiger partial charge in [0.05, 0.1) is 12.8 Å². The van der Waals surface area contributed by atoms with E-state index in [1.807, 2.05) is 0 Å². The first-order valence-electron chi connectivity index (χ1n) is 3.56. The van der Waals surface area contributed by atoms with E-state index in [9.17, 15) is 4.79 Å². The lowest BCUT2D eigenvalue weighted by molar-refractivity contribution is 0.111. The van der Waals surface area contributed by atoms with Gasteiger partial charge in [-0.15, -0.1) is 5.16 Å². The Kier molecular flexibility index (Phi) is 3.53. The SMILES string of the molecule is CC(C)(C)N(CC=NO)C(=O)O. The summed E-state index contributed by atoms with van der Waals surface area (Å²) in [5.41, 5.74) is -0.479. The van der Waals surface area contributed by atoms with Crippen molar-refractivity contribution in [3.8, 4) is 0 Å². The summed E-state index contributed by atoms with van der Waals surface area (Å²) in [6, 6.07) is 0. The van der Waals surface area contributed by atoms with E-state index in [4.69, 9.17) is 10.3 Å². The quantitative estimate of drug-likeness (QED) is 0.375. The summed E-state index contributed by atoms with van der Waals surface area (Å²) in [7, 11) is 0. The number of nitrogens with zero attached hydrogens (tertiary/aromatic N) is 2. The van der Waals surface area contributed by atoms with Crippen LogP contribution in [0.15, 0.2) is 5.16 Å². The lowest BCUT2D eigenvalue weighted by Crippen LogP contribution is -2.45. The predicted molar refractivity (Wildman–Crippen MR) is 44.8 cm³/mol. The monoisotopic (exact) mass is 174 g/mol. The molecule has 0 atom stereocenters. The van der Waals surface area contributed by atoms with E-state index in [0.29, 0.717) is 0 Å².